The van der Waals surface area contributed by atoms with E-state index >= 15 is 0 Å². The van der Waals surface area contributed by atoms with Crippen LogP contribution in [-0.4, -0.2) is 23.9 Å². The largest absolute Gasteiger partial charge is 0.322 e. The SMILES string of the molecule is O=C(Nc1ccc(CN2CCCCC2)cc1)c1cccc2ccccc12. The van der Waals surface area contributed by atoms with Gasteiger partial charge in [0.25, 0.3) is 5.91 Å². The van der Waals surface area contributed by atoms with Crippen molar-refractivity contribution in [3.8, 4) is 0 Å². The first-order valence-electron chi connectivity index (χ1n) is 9.40. The van der Waals surface area contributed by atoms with Crippen molar-refractivity contribution in [3.05, 3.63) is 77.9 Å². The van der Waals surface area contributed by atoms with Crippen molar-refractivity contribution < 1.29 is 4.79 Å². The highest BCUT2D eigenvalue weighted by molar-refractivity contribution is 6.12. The van der Waals surface area contributed by atoms with E-state index in [2.05, 4.69) is 22.3 Å². The molecule has 1 N–H and O–H groups in total. The first-order chi connectivity index (χ1) is 12.8. The van der Waals surface area contributed by atoms with Gasteiger partial charge in [0.15, 0.2) is 0 Å². The number of hydrogen-bond acceptors (Lipinski definition) is 2. The topological polar surface area (TPSA) is 32.3 Å². The van der Waals surface area contributed by atoms with Gasteiger partial charge in [0, 0.05) is 17.8 Å². The number of nitrogens with one attached hydrogen (secondary N) is 1. The number of carbonyl (C=O) groups excluding carboxylic acids is 1. The maximum Gasteiger partial charge on any atom is 0.256 e. The molecule has 3 aromatic rings. The second-order valence-corrected chi connectivity index (χ2v) is 7.01. The highest BCUT2D eigenvalue weighted by Gasteiger charge is 2.12. The maximum atomic E-state index is 12.7. The van der Waals surface area contributed by atoms with E-state index in [4.69, 9.17) is 0 Å². The van der Waals surface area contributed by atoms with Gasteiger partial charge in [-0.1, -0.05) is 55.0 Å². The van der Waals surface area contributed by atoms with E-state index in [1.165, 1.54) is 37.9 Å². The molecule has 1 fully saturated rings. The summed E-state index contributed by atoms with van der Waals surface area (Å²) >= 11 is 0. The summed E-state index contributed by atoms with van der Waals surface area (Å²) in [6.45, 7) is 3.39. The standard InChI is InChI=1S/C23H24N2O/c26-23(22-10-6-8-19-7-2-3-9-21(19)22)24-20-13-11-18(12-14-20)17-25-15-4-1-5-16-25/h2-3,6-14H,1,4-5,15-17H2,(H,24,26). The molecule has 0 bridgehead atoms. The zero-order valence-electron chi connectivity index (χ0n) is 14.9. The Morgan fingerprint density at radius 3 is 2.38 bits per heavy atom. The van der Waals surface area contributed by atoms with Crippen LogP contribution < -0.4 is 5.32 Å². The lowest BCUT2D eigenvalue weighted by Crippen LogP contribution is -2.29. The average molecular weight is 344 g/mol. The summed E-state index contributed by atoms with van der Waals surface area (Å²) < 4.78 is 0. The second-order valence-electron chi connectivity index (χ2n) is 7.01. The molecule has 4 rings (SSSR count). The quantitative estimate of drug-likeness (QED) is 0.716. The van der Waals surface area contributed by atoms with Gasteiger partial charge in [-0.2, -0.15) is 0 Å². The number of likely N-dealkylation sites (tertiary alicyclic amines) is 1. The third kappa shape index (κ3) is 3.78. The Labute approximate surface area is 154 Å². The molecule has 0 radical (unpaired) electrons. The lowest BCUT2D eigenvalue weighted by Gasteiger charge is -2.26. The van der Waals surface area contributed by atoms with E-state index in [-0.39, 0.29) is 5.91 Å². The molecule has 0 saturated carbocycles. The van der Waals surface area contributed by atoms with E-state index in [9.17, 15) is 4.79 Å². The minimum absolute atomic E-state index is 0.0643. The van der Waals surface area contributed by atoms with Crippen LogP contribution >= 0.6 is 0 Å². The number of nitrogens with zero attached hydrogens (tertiary/aromatic N) is 1. The van der Waals surface area contributed by atoms with E-state index in [0.29, 0.717) is 5.56 Å². The predicted molar refractivity (Wildman–Crippen MR) is 107 cm³/mol. The van der Waals surface area contributed by atoms with Crippen LogP contribution in [0.2, 0.25) is 0 Å². The molecule has 3 aromatic carbocycles. The van der Waals surface area contributed by atoms with Crippen LogP contribution in [0.15, 0.2) is 66.7 Å². The lowest BCUT2D eigenvalue weighted by atomic mass is 10.0. The zero-order valence-corrected chi connectivity index (χ0v) is 14.9. The van der Waals surface area contributed by atoms with Crippen LogP contribution in [0.5, 0.6) is 0 Å². The van der Waals surface area contributed by atoms with Crippen molar-refractivity contribution in [3.63, 3.8) is 0 Å². The molecule has 0 aliphatic carbocycles. The Bertz CT molecular complexity index is 890. The van der Waals surface area contributed by atoms with Gasteiger partial charge in [0.05, 0.1) is 0 Å². The normalized spacial score (nSPS) is 15.1. The number of carbonyl (C=O) groups is 1. The van der Waals surface area contributed by atoms with Crippen LogP contribution in [0, 0.1) is 0 Å². The van der Waals surface area contributed by atoms with Crippen molar-refractivity contribution in [1.82, 2.24) is 4.90 Å². The highest BCUT2D eigenvalue weighted by atomic mass is 16.1. The molecule has 3 heteroatoms. The fourth-order valence-corrected chi connectivity index (χ4v) is 3.69. The lowest BCUT2D eigenvalue weighted by molar-refractivity contribution is 0.102. The summed E-state index contributed by atoms with van der Waals surface area (Å²) in [5.74, 6) is -0.0643. The van der Waals surface area contributed by atoms with E-state index in [0.717, 1.165) is 23.0 Å². The maximum absolute atomic E-state index is 12.7. The average Bonchev–Trinajstić information content (AvgIpc) is 2.70. The molecule has 1 heterocycles. The molecule has 0 aromatic heterocycles. The molecular weight excluding hydrogens is 320 g/mol. The number of rotatable bonds is 4. The van der Waals surface area contributed by atoms with Crippen molar-refractivity contribution in [2.24, 2.45) is 0 Å². The number of amides is 1. The van der Waals surface area contributed by atoms with E-state index in [1.54, 1.807) is 0 Å². The molecule has 0 atom stereocenters. The van der Waals surface area contributed by atoms with Gasteiger partial charge in [0.2, 0.25) is 0 Å². The smallest absolute Gasteiger partial charge is 0.256 e. The third-order valence-electron chi connectivity index (χ3n) is 5.10. The van der Waals surface area contributed by atoms with Crippen LogP contribution in [0.1, 0.15) is 35.2 Å². The van der Waals surface area contributed by atoms with Crippen LogP contribution in [0.25, 0.3) is 10.8 Å². The summed E-state index contributed by atoms with van der Waals surface area (Å²) in [6, 6.07) is 22.1. The van der Waals surface area contributed by atoms with Crippen molar-refractivity contribution in [1.29, 1.82) is 0 Å². The van der Waals surface area contributed by atoms with Crippen molar-refractivity contribution >= 4 is 22.4 Å². The summed E-state index contributed by atoms with van der Waals surface area (Å²) in [4.78, 5) is 15.2. The number of anilines is 1. The molecule has 1 aliphatic heterocycles. The molecule has 3 nitrogen and oxygen atoms in total. The zero-order chi connectivity index (χ0) is 17.8. The second kappa shape index (κ2) is 7.71. The van der Waals surface area contributed by atoms with Crippen LogP contribution in [-0.2, 0) is 6.54 Å². The van der Waals surface area contributed by atoms with Crippen LogP contribution in [0.4, 0.5) is 5.69 Å². The molecule has 1 amide bonds. The number of piperidine rings is 1. The predicted octanol–water partition coefficient (Wildman–Crippen LogP) is 5.08. The summed E-state index contributed by atoms with van der Waals surface area (Å²) in [5.41, 5.74) is 2.85. The Morgan fingerprint density at radius 2 is 1.58 bits per heavy atom. The summed E-state index contributed by atoms with van der Waals surface area (Å²) in [7, 11) is 0. The Hall–Kier alpha value is -2.65. The minimum Gasteiger partial charge on any atom is -0.322 e. The minimum atomic E-state index is -0.0643. The summed E-state index contributed by atoms with van der Waals surface area (Å²) in [5, 5.41) is 5.09. The molecule has 0 unspecified atom stereocenters. The van der Waals surface area contributed by atoms with Gasteiger partial charge < -0.3 is 5.32 Å². The van der Waals surface area contributed by atoms with E-state index in [1.807, 2.05) is 54.6 Å². The van der Waals surface area contributed by atoms with Gasteiger partial charge in [-0.25, -0.2) is 0 Å². The van der Waals surface area contributed by atoms with E-state index < -0.39 is 0 Å². The first-order valence-corrected chi connectivity index (χ1v) is 9.40. The fraction of sp³-hybridized carbons (Fsp3) is 0.261. The molecule has 26 heavy (non-hydrogen) atoms. The Kier molecular flexibility index (Phi) is 4.98. The van der Waals surface area contributed by atoms with Gasteiger partial charge >= 0.3 is 0 Å². The van der Waals surface area contributed by atoms with Gasteiger partial charge in [-0.15, -0.1) is 0 Å². The summed E-state index contributed by atoms with van der Waals surface area (Å²) in [6.07, 6.45) is 3.97. The molecule has 1 saturated heterocycles. The number of benzene rings is 3. The van der Waals surface area contributed by atoms with Crippen molar-refractivity contribution in [2.75, 3.05) is 18.4 Å². The highest BCUT2D eigenvalue weighted by Crippen LogP contribution is 2.20. The Balaban J connectivity index is 1.45. The van der Waals surface area contributed by atoms with Gasteiger partial charge in [0.1, 0.15) is 0 Å². The van der Waals surface area contributed by atoms with Gasteiger partial charge in [-0.05, 0) is 60.5 Å². The Morgan fingerprint density at radius 1 is 0.846 bits per heavy atom. The third-order valence-corrected chi connectivity index (χ3v) is 5.10. The molecule has 0 spiro atoms. The van der Waals surface area contributed by atoms with Crippen molar-refractivity contribution in [2.45, 2.75) is 25.8 Å². The van der Waals surface area contributed by atoms with Gasteiger partial charge in [-0.3, -0.25) is 9.69 Å². The molecule has 132 valence electrons. The number of hydrogen-bond donors (Lipinski definition) is 1. The van der Waals surface area contributed by atoms with Crippen LogP contribution in [0.3, 0.4) is 0 Å². The number of fused-ring (bicyclic) bond motifs is 1. The first kappa shape index (κ1) is 16.8. The monoisotopic (exact) mass is 344 g/mol. The fourth-order valence-electron chi connectivity index (χ4n) is 3.69. The molecular formula is C23H24N2O. The molecule has 1 aliphatic rings.